The Kier molecular flexibility index (Phi) is 4.15. The number of halogens is 1. The second kappa shape index (κ2) is 4.76. The van der Waals surface area contributed by atoms with Crippen LogP contribution < -0.4 is 0 Å². The molecule has 0 amide bonds. The molecule has 0 aliphatic carbocycles. The summed E-state index contributed by atoms with van der Waals surface area (Å²) in [6.45, 7) is 0.203. The summed E-state index contributed by atoms with van der Waals surface area (Å²) in [5, 5.41) is 17.9. The van der Waals surface area contributed by atoms with E-state index >= 15 is 0 Å². The molecule has 84 valence electrons. The lowest BCUT2D eigenvalue weighted by atomic mass is 9.97. The molecule has 14 heavy (non-hydrogen) atoms. The summed E-state index contributed by atoms with van der Waals surface area (Å²) in [7, 11) is -3.41. The number of hydrogen-bond acceptors (Lipinski definition) is 4. The number of piperidine rings is 1. The zero-order valence-electron chi connectivity index (χ0n) is 7.63. The van der Waals surface area contributed by atoms with Gasteiger partial charge in [0, 0.05) is 25.6 Å². The van der Waals surface area contributed by atoms with Crippen LogP contribution in [0.25, 0.3) is 0 Å². The Morgan fingerprint density at radius 1 is 1.50 bits per heavy atom. The Morgan fingerprint density at radius 2 is 2.14 bits per heavy atom. The Bertz CT molecular complexity index is 281. The van der Waals surface area contributed by atoms with Crippen molar-refractivity contribution in [1.29, 1.82) is 0 Å². The lowest BCUT2D eigenvalue weighted by molar-refractivity contribution is 0.0233. The van der Waals surface area contributed by atoms with E-state index in [1.165, 1.54) is 4.31 Å². The molecule has 2 atom stereocenters. The van der Waals surface area contributed by atoms with Crippen LogP contribution in [0.15, 0.2) is 0 Å². The van der Waals surface area contributed by atoms with E-state index in [4.69, 9.17) is 16.7 Å². The van der Waals surface area contributed by atoms with Gasteiger partial charge in [0.25, 0.3) is 0 Å². The third-order valence-electron chi connectivity index (χ3n) is 2.42. The number of hydrogen-bond donors (Lipinski definition) is 2. The topological polar surface area (TPSA) is 77.8 Å². The Hall–Kier alpha value is 0.120. The van der Waals surface area contributed by atoms with Crippen LogP contribution in [0.2, 0.25) is 0 Å². The van der Waals surface area contributed by atoms with E-state index in [0.29, 0.717) is 6.42 Å². The van der Waals surface area contributed by atoms with Crippen LogP contribution in [-0.4, -0.2) is 53.9 Å². The second-order valence-corrected chi connectivity index (χ2v) is 5.93. The van der Waals surface area contributed by atoms with Gasteiger partial charge in [0.15, 0.2) is 0 Å². The van der Waals surface area contributed by atoms with E-state index in [1.807, 2.05) is 0 Å². The Morgan fingerprint density at radius 3 is 2.64 bits per heavy atom. The standard InChI is InChI=1S/C7H14ClNO4S/c8-5-14(12,13)9-2-1-7(11)6(3-9)4-10/h6-7,10-11H,1-5H2. The first-order valence-corrected chi connectivity index (χ1v) is 6.48. The summed E-state index contributed by atoms with van der Waals surface area (Å²) < 4.78 is 23.9. The van der Waals surface area contributed by atoms with Crippen molar-refractivity contribution in [1.82, 2.24) is 4.31 Å². The van der Waals surface area contributed by atoms with Crippen LogP contribution in [0, 0.1) is 5.92 Å². The van der Waals surface area contributed by atoms with Gasteiger partial charge < -0.3 is 10.2 Å². The van der Waals surface area contributed by atoms with Gasteiger partial charge in [-0.1, -0.05) is 0 Å². The summed E-state index contributed by atoms with van der Waals surface area (Å²) in [6, 6.07) is 0. The van der Waals surface area contributed by atoms with Crippen molar-refractivity contribution in [3.05, 3.63) is 0 Å². The van der Waals surface area contributed by atoms with Crippen molar-refractivity contribution in [3.8, 4) is 0 Å². The highest BCUT2D eigenvalue weighted by Gasteiger charge is 2.32. The third kappa shape index (κ3) is 2.58. The first kappa shape index (κ1) is 12.2. The first-order chi connectivity index (χ1) is 6.51. The fourth-order valence-electron chi connectivity index (χ4n) is 1.49. The fourth-order valence-corrected chi connectivity index (χ4v) is 2.84. The van der Waals surface area contributed by atoms with Gasteiger partial charge in [0.05, 0.1) is 6.10 Å². The van der Waals surface area contributed by atoms with Crippen LogP contribution in [0.5, 0.6) is 0 Å². The summed E-state index contributed by atoms with van der Waals surface area (Å²) in [5.41, 5.74) is 0. The van der Waals surface area contributed by atoms with Crippen LogP contribution in [0.4, 0.5) is 0 Å². The SMILES string of the molecule is O=S(=O)(CCl)N1CCC(O)C(CO)C1. The normalized spacial score (nSPS) is 30.5. The maximum atomic E-state index is 11.4. The molecule has 2 N–H and O–H groups in total. The fraction of sp³-hybridized carbons (Fsp3) is 1.00. The lowest BCUT2D eigenvalue weighted by Crippen LogP contribution is -2.47. The smallest absolute Gasteiger partial charge is 0.228 e. The predicted octanol–water partition coefficient (Wildman–Crippen LogP) is -0.812. The minimum Gasteiger partial charge on any atom is -0.396 e. The maximum Gasteiger partial charge on any atom is 0.228 e. The van der Waals surface area contributed by atoms with Crippen molar-refractivity contribution in [3.63, 3.8) is 0 Å². The van der Waals surface area contributed by atoms with Crippen LogP contribution in [0.1, 0.15) is 6.42 Å². The largest absolute Gasteiger partial charge is 0.396 e. The van der Waals surface area contributed by atoms with Crippen molar-refractivity contribution in [2.24, 2.45) is 5.92 Å². The number of aliphatic hydroxyl groups excluding tert-OH is 2. The molecule has 0 aromatic heterocycles. The Balaban J connectivity index is 2.68. The van der Waals surface area contributed by atoms with Gasteiger partial charge in [-0.25, -0.2) is 12.7 Å². The van der Waals surface area contributed by atoms with Gasteiger partial charge in [0.1, 0.15) is 5.21 Å². The quantitative estimate of drug-likeness (QED) is 0.636. The van der Waals surface area contributed by atoms with Crippen LogP contribution in [-0.2, 0) is 10.0 Å². The number of aliphatic hydroxyl groups is 2. The van der Waals surface area contributed by atoms with Crippen molar-refractivity contribution in [2.45, 2.75) is 12.5 Å². The first-order valence-electron chi connectivity index (χ1n) is 4.34. The average molecular weight is 244 g/mol. The number of rotatable bonds is 3. The van der Waals surface area contributed by atoms with Crippen LogP contribution in [0.3, 0.4) is 0 Å². The highest BCUT2D eigenvalue weighted by molar-refractivity contribution is 7.90. The molecule has 1 aliphatic rings. The molecular weight excluding hydrogens is 230 g/mol. The van der Waals surface area contributed by atoms with Gasteiger partial charge in [-0.15, -0.1) is 11.6 Å². The highest BCUT2D eigenvalue weighted by atomic mass is 35.5. The van der Waals surface area contributed by atoms with Crippen LogP contribution >= 0.6 is 11.6 Å². The summed E-state index contributed by atoms with van der Waals surface area (Å²) in [4.78, 5) is 0. The molecule has 1 saturated heterocycles. The van der Waals surface area contributed by atoms with Crippen molar-refractivity contribution < 1.29 is 18.6 Å². The average Bonchev–Trinajstić information content (AvgIpc) is 2.18. The maximum absolute atomic E-state index is 11.4. The summed E-state index contributed by atoms with van der Waals surface area (Å²) >= 11 is 5.30. The lowest BCUT2D eigenvalue weighted by Gasteiger charge is -2.33. The molecule has 1 heterocycles. The van der Waals surface area contributed by atoms with E-state index in [-0.39, 0.29) is 19.7 Å². The van der Waals surface area contributed by atoms with Gasteiger partial charge in [-0.3, -0.25) is 0 Å². The molecule has 1 fully saturated rings. The van der Waals surface area contributed by atoms with Crippen molar-refractivity contribution >= 4 is 21.6 Å². The number of sulfonamides is 1. The molecule has 0 saturated carbocycles. The van der Waals surface area contributed by atoms with E-state index in [2.05, 4.69) is 0 Å². The van der Waals surface area contributed by atoms with Gasteiger partial charge in [-0.2, -0.15) is 0 Å². The minimum absolute atomic E-state index is 0.146. The predicted molar refractivity (Wildman–Crippen MR) is 52.4 cm³/mol. The third-order valence-corrected chi connectivity index (χ3v) is 4.64. The van der Waals surface area contributed by atoms with Gasteiger partial charge in [0.2, 0.25) is 10.0 Å². The van der Waals surface area contributed by atoms with E-state index in [1.54, 1.807) is 0 Å². The molecule has 1 aliphatic heterocycles. The Labute approximate surface area is 88.3 Å². The van der Waals surface area contributed by atoms with Gasteiger partial charge in [-0.05, 0) is 6.42 Å². The molecule has 5 nitrogen and oxygen atoms in total. The van der Waals surface area contributed by atoms with Crippen molar-refractivity contribution in [2.75, 3.05) is 24.9 Å². The monoisotopic (exact) mass is 243 g/mol. The number of nitrogens with zero attached hydrogens (tertiary/aromatic N) is 1. The highest BCUT2D eigenvalue weighted by Crippen LogP contribution is 2.19. The molecule has 2 unspecified atom stereocenters. The molecule has 0 spiro atoms. The second-order valence-electron chi connectivity index (χ2n) is 3.38. The molecule has 0 aromatic rings. The zero-order chi connectivity index (χ0) is 10.8. The molecule has 1 rings (SSSR count). The molecule has 0 radical (unpaired) electrons. The molecule has 7 heteroatoms. The summed E-state index contributed by atoms with van der Waals surface area (Å²) in [6.07, 6.45) is -0.275. The number of alkyl halides is 1. The minimum atomic E-state index is -3.41. The van der Waals surface area contributed by atoms with E-state index in [0.717, 1.165) is 0 Å². The zero-order valence-corrected chi connectivity index (χ0v) is 9.21. The van der Waals surface area contributed by atoms with E-state index < -0.39 is 27.3 Å². The molecular formula is C7H14ClNO4S. The van der Waals surface area contributed by atoms with Gasteiger partial charge >= 0.3 is 0 Å². The molecule has 0 aromatic carbocycles. The van der Waals surface area contributed by atoms with E-state index in [9.17, 15) is 13.5 Å². The molecule has 0 bridgehead atoms. The summed E-state index contributed by atoms with van der Waals surface area (Å²) in [5.74, 6) is -0.401.